The molecule has 1 rings (SSSR count). The highest BCUT2D eigenvalue weighted by atomic mass is 16.1. The standard InChI is InChI=1S/C15H18N2O/c1-4-6-14(13(16)5-2)17-15(18)12-9-7-11(3)8-10-12/h4-10H,1,16H2,2-3H3,(H,17,18)/b13-5+,14-6+. The van der Waals surface area contributed by atoms with Gasteiger partial charge in [0.2, 0.25) is 0 Å². The van der Waals surface area contributed by atoms with Crippen LogP contribution in [0.25, 0.3) is 0 Å². The predicted molar refractivity (Wildman–Crippen MR) is 74.9 cm³/mol. The van der Waals surface area contributed by atoms with Gasteiger partial charge in [0.05, 0.1) is 11.4 Å². The van der Waals surface area contributed by atoms with Crippen LogP contribution in [0.5, 0.6) is 0 Å². The Bertz CT molecular complexity index is 496. The number of amides is 1. The fraction of sp³-hybridized carbons (Fsp3) is 0.133. The molecule has 0 fully saturated rings. The van der Waals surface area contributed by atoms with Crippen molar-refractivity contribution in [1.82, 2.24) is 5.32 Å². The minimum Gasteiger partial charge on any atom is -0.397 e. The molecule has 1 aromatic rings. The molecule has 18 heavy (non-hydrogen) atoms. The monoisotopic (exact) mass is 242 g/mol. The van der Waals surface area contributed by atoms with E-state index in [1.54, 1.807) is 30.4 Å². The Morgan fingerprint density at radius 1 is 1.33 bits per heavy atom. The van der Waals surface area contributed by atoms with E-state index in [-0.39, 0.29) is 5.91 Å². The summed E-state index contributed by atoms with van der Waals surface area (Å²) < 4.78 is 0. The third-order valence-corrected chi connectivity index (χ3v) is 2.47. The summed E-state index contributed by atoms with van der Waals surface area (Å²) in [6.07, 6.45) is 4.98. The molecule has 0 radical (unpaired) electrons. The number of nitrogens with one attached hydrogen (secondary N) is 1. The van der Waals surface area contributed by atoms with E-state index in [1.807, 2.05) is 26.0 Å². The van der Waals surface area contributed by atoms with Gasteiger partial charge in [-0.3, -0.25) is 4.79 Å². The highest BCUT2D eigenvalue weighted by molar-refractivity contribution is 5.95. The summed E-state index contributed by atoms with van der Waals surface area (Å²) in [6.45, 7) is 7.38. The van der Waals surface area contributed by atoms with Gasteiger partial charge in [-0.15, -0.1) is 0 Å². The maximum atomic E-state index is 12.0. The summed E-state index contributed by atoms with van der Waals surface area (Å²) >= 11 is 0. The zero-order valence-corrected chi connectivity index (χ0v) is 10.7. The number of aryl methyl sites for hydroxylation is 1. The number of allylic oxidation sites excluding steroid dienone is 3. The Balaban J connectivity index is 2.89. The van der Waals surface area contributed by atoms with Crippen LogP contribution < -0.4 is 11.1 Å². The minimum atomic E-state index is -0.187. The molecule has 1 aromatic carbocycles. The normalized spacial score (nSPS) is 12.1. The Labute approximate surface area is 108 Å². The lowest BCUT2D eigenvalue weighted by Gasteiger charge is -2.09. The molecule has 1 amide bonds. The van der Waals surface area contributed by atoms with Crippen molar-refractivity contribution in [2.45, 2.75) is 13.8 Å². The molecule has 0 aliphatic carbocycles. The Morgan fingerprint density at radius 2 is 1.94 bits per heavy atom. The number of carbonyl (C=O) groups excluding carboxylic acids is 1. The van der Waals surface area contributed by atoms with Crippen LogP contribution in [-0.4, -0.2) is 5.91 Å². The number of benzene rings is 1. The van der Waals surface area contributed by atoms with Crippen molar-refractivity contribution < 1.29 is 4.79 Å². The second-order valence-electron chi connectivity index (χ2n) is 3.88. The average molecular weight is 242 g/mol. The van der Waals surface area contributed by atoms with Gasteiger partial charge < -0.3 is 11.1 Å². The molecule has 0 saturated carbocycles. The van der Waals surface area contributed by atoms with E-state index in [0.717, 1.165) is 5.56 Å². The molecular formula is C15H18N2O. The number of rotatable bonds is 4. The molecule has 3 nitrogen and oxygen atoms in total. The van der Waals surface area contributed by atoms with Crippen LogP contribution >= 0.6 is 0 Å². The van der Waals surface area contributed by atoms with Gasteiger partial charge >= 0.3 is 0 Å². The highest BCUT2D eigenvalue weighted by Gasteiger charge is 2.08. The lowest BCUT2D eigenvalue weighted by Crippen LogP contribution is -2.25. The first-order valence-corrected chi connectivity index (χ1v) is 5.71. The van der Waals surface area contributed by atoms with Gasteiger partial charge in [-0.05, 0) is 32.1 Å². The van der Waals surface area contributed by atoms with Crippen molar-refractivity contribution in [3.63, 3.8) is 0 Å². The van der Waals surface area contributed by atoms with Crippen molar-refractivity contribution in [2.75, 3.05) is 0 Å². The second kappa shape index (κ2) is 6.45. The summed E-state index contributed by atoms with van der Waals surface area (Å²) in [5.41, 5.74) is 8.56. The molecule has 0 heterocycles. The predicted octanol–water partition coefficient (Wildman–Crippen LogP) is 2.66. The van der Waals surface area contributed by atoms with Gasteiger partial charge in [0.1, 0.15) is 0 Å². The van der Waals surface area contributed by atoms with Crippen molar-refractivity contribution in [3.05, 3.63) is 71.6 Å². The summed E-state index contributed by atoms with van der Waals surface area (Å²) in [7, 11) is 0. The summed E-state index contributed by atoms with van der Waals surface area (Å²) in [5, 5.41) is 2.76. The summed E-state index contributed by atoms with van der Waals surface area (Å²) in [6, 6.07) is 7.35. The first kappa shape index (κ1) is 13.8. The number of hydrogen-bond acceptors (Lipinski definition) is 2. The number of nitrogens with two attached hydrogens (primary N) is 1. The molecule has 0 aliphatic heterocycles. The Morgan fingerprint density at radius 3 is 2.44 bits per heavy atom. The summed E-state index contributed by atoms with van der Waals surface area (Å²) in [5.74, 6) is -0.187. The van der Waals surface area contributed by atoms with Gasteiger partial charge in [-0.1, -0.05) is 36.4 Å². The largest absolute Gasteiger partial charge is 0.397 e. The molecule has 3 N–H and O–H groups in total. The van der Waals surface area contributed by atoms with Crippen molar-refractivity contribution in [1.29, 1.82) is 0 Å². The van der Waals surface area contributed by atoms with Crippen molar-refractivity contribution in [2.24, 2.45) is 5.73 Å². The van der Waals surface area contributed by atoms with E-state index in [1.165, 1.54) is 0 Å². The molecule has 0 saturated heterocycles. The molecule has 0 aliphatic rings. The summed E-state index contributed by atoms with van der Waals surface area (Å²) in [4.78, 5) is 12.0. The smallest absolute Gasteiger partial charge is 0.255 e. The average Bonchev–Trinajstić information content (AvgIpc) is 2.38. The molecule has 0 bridgehead atoms. The quantitative estimate of drug-likeness (QED) is 0.797. The Kier molecular flexibility index (Phi) is 4.93. The van der Waals surface area contributed by atoms with E-state index in [0.29, 0.717) is 17.0 Å². The third kappa shape index (κ3) is 3.63. The SMILES string of the molecule is C=C/C=C(NC(=O)c1ccc(C)cc1)\C(N)=C/C. The van der Waals surface area contributed by atoms with E-state index < -0.39 is 0 Å². The molecular weight excluding hydrogens is 224 g/mol. The van der Waals surface area contributed by atoms with Crippen LogP contribution in [0.15, 0.2) is 60.5 Å². The minimum absolute atomic E-state index is 0.187. The van der Waals surface area contributed by atoms with Crippen molar-refractivity contribution >= 4 is 5.91 Å². The molecule has 0 aromatic heterocycles. The number of hydrogen-bond donors (Lipinski definition) is 2. The van der Waals surface area contributed by atoms with Crippen LogP contribution in [0.1, 0.15) is 22.8 Å². The topological polar surface area (TPSA) is 55.1 Å². The first-order chi connectivity index (χ1) is 8.58. The zero-order valence-electron chi connectivity index (χ0n) is 10.7. The van der Waals surface area contributed by atoms with Gasteiger partial charge in [-0.25, -0.2) is 0 Å². The van der Waals surface area contributed by atoms with Gasteiger partial charge in [0.25, 0.3) is 5.91 Å². The molecule has 3 heteroatoms. The molecule has 0 unspecified atom stereocenters. The number of carbonyl (C=O) groups is 1. The van der Waals surface area contributed by atoms with Gasteiger partial charge in [0, 0.05) is 5.56 Å². The van der Waals surface area contributed by atoms with E-state index in [4.69, 9.17) is 5.73 Å². The van der Waals surface area contributed by atoms with E-state index in [9.17, 15) is 4.79 Å². The maximum Gasteiger partial charge on any atom is 0.255 e. The van der Waals surface area contributed by atoms with E-state index in [2.05, 4.69) is 11.9 Å². The molecule has 94 valence electrons. The second-order valence-corrected chi connectivity index (χ2v) is 3.88. The fourth-order valence-electron chi connectivity index (χ4n) is 1.38. The first-order valence-electron chi connectivity index (χ1n) is 5.71. The molecule has 0 atom stereocenters. The molecule has 0 spiro atoms. The highest BCUT2D eigenvalue weighted by Crippen LogP contribution is 2.06. The van der Waals surface area contributed by atoms with E-state index >= 15 is 0 Å². The maximum absolute atomic E-state index is 12.0. The van der Waals surface area contributed by atoms with Crippen LogP contribution in [0, 0.1) is 6.92 Å². The fourth-order valence-corrected chi connectivity index (χ4v) is 1.38. The van der Waals surface area contributed by atoms with Crippen LogP contribution in [0.2, 0.25) is 0 Å². The Hall–Kier alpha value is -2.29. The lowest BCUT2D eigenvalue weighted by atomic mass is 10.1. The lowest BCUT2D eigenvalue weighted by molar-refractivity contribution is 0.0966. The van der Waals surface area contributed by atoms with Gasteiger partial charge in [0.15, 0.2) is 0 Å². The van der Waals surface area contributed by atoms with Crippen molar-refractivity contribution in [3.8, 4) is 0 Å². The van der Waals surface area contributed by atoms with Crippen LogP contribution in [0.3, 0.4) is 0 Å². The zero-order chi connectivity index (χ0) is 13.5. The van der Waals surface area contributed by atoms with Gasteiger partial charge in [-0.2, -0.15) is 0 Å². The van der Waals surface area contributed by atoms with Crippen LogP contribution in [-0.2, 0) is 0 Å². The third-order valence-electron chi connectivity index (χ3n) is 2.47. The van der Waals surface area contributed by atoms with Crippen LogP contribution in [0.4, 0.5) is 0 Å².